The van der Waals surface area contributed by atoms with Gasteiger partial charge in [0.15, 0.2) is 0 Å². The molecule has 0 radical (unpaired) electrons. The Morgan fingerprint density at radius 1 is 1.18 bits per heavy atom. The van der Waals surface area contributed by atoms with Gasteiger partial charge in [0.25, 0.3) is 0 Å². The van der Waals surface area contributed by atoms with E-state index in [4.69, 9.17) is 4.74 Å². The summed E-state index contributed by atoms with van der Waals surface area (Å²) in [6.07, 6.45) is -0.554. The minimum atomic E-state index is -2.23. The lowest BCUT2D eigenvalue weighted by Crippen LogP contribution is -2.56. The summed E-state index contributed by atoms with van der Waals surface area (Å²) in [5.41, 5.74) is -3.01. The van der Waals surface area contributed by atoms with Crippen molar-refractivity contribution in [2.24, 2.45) is 0 Å². The van der Waals surface area contributed by atoms with Gasteiger partial charge in [0, 0.05) is 11.4 Å². The van der Waals surface area contributed by atoms with Crippen LogP contribution in [0.15, 0.2) is 10.7 Å². The lowest BCUT2D eigenvalue weighted by molar-refractivity contribution is -0.156. The number of pyridine rings is 1. The van der Waals surface area contributed by atoms with Gasteiger partial charge in [-0.1, -0.05) is 38.9 Å². The van der Waals surface area contributed by atoms with Crippen LogP contribution in [-0.2, 0) is 26.4 Å². The molecule has 2 atom stereocenters. The first-order valence-electron chi connectivity index (χ1n) is 11.3. The summed E-state index contributed by atoms with van der Waals surface area (Å²) in [4.78, 5) is 17.1. The van der Waals surface area contributed by atoms with Crippen LogP contribution in [0.25, 0.3) is 0 Å². The molecule has 0 amide bonds. The molecule has 0 aliphatic carbocycles. The molecule has 1 heterocycles. The topological polar surface area (TPSA) is 74.3 Å². The second-order valence-corrected chi connectivity index (χ2v) is 18.5. The third kappa shape index (κ3) is 7.46. The minimum absolute atomic E-state index is 0.245. The standard InChI is InChI=1S/C23H39BrF2N2O3SSi/c1-10-33(11-2,12-3)16-13-17(24)27-20(19(16)26)23(15-25,28-32(30)22(7,8)9)14-18(29)31-21(4,5)6/h13,28H,10-12,14-15H2,1-9H3/t23-,32?/m1/s1. The number of nitrogens with one attached hydrogen (secondary N) is 1. The zero-order valence-electron chi connectivity index (χ0n) is 21.3. The number of carbonyl (C=O) groups is 1. The van der Waals surface area contributed by atoms with Crippen LogP contribution in [0.2, 0.25) is 18.1 Å². The molecule has 0 bridgehead atoms. The van der Waals surface area contributed by atoms with Crippen LogP contribution in [0, 0.1) is 5.82 Å². The van der Waals surface area contributed by atoms with Crippen molar-refractivity contribution in [2.75, 3.05) is 6.67 Å². The number of hydrogen-bond acceptors (Lipinski definition) is 5. The van der Waals surface area contributed by atoms with E-state index in [0.717, 1.165) is 18.1 Å². The number of aromatic nitrogens is 1. The number of hydrogen-bond donors (Lipinski definition) is 1. The van der Waals surface area contributed by atoms with E-state index in [1.807, 2.05) is 20.8 Å². The van der Waals surface area contributed by atoms with Crippen LogP contribution in [-0.4, -0.2) is 40.6 Å². The summed E-state index contributed by atoms with van der Waals surface area (Å²) in [6, 6.07) is 4.10. The van der Waals surface area contributed by atoms with E-state index in [9.17, 15) is 13.7 Å². The summed E-state index contributed by atoms with van der Waals surface area (Å²) in [6.45, 7) is 15.2. The predicted molar refractivity (Wildman–Crippen MR) is 138 cm³/mol. The zero-order valence-corrected chi connectivity index (χ0v) is 24.7. The Kier molecular flexibility index (Phi) is 10.6. The lowest BCUT2D eigenvalue weighted by atomic mass is 9.92. The van der Waals surface area contributed by atoms with E-state index in [0.29, 0.717) is 9.79 Å². The van der Waals surface area contributed by atoms with Gasteiger partial charge in [0.05, 0.1) is 14.5 Å². The lowest BCUT2D eigenvalue weighted by Gasteiger charge is -2.37. The molecule has 1 aromatic rings. The monoisotopic (exact) mass is 568 g/mol. The van der Waals surface area contributed by atoms with E-state index < -0.39 is 60.2 Å². The molecule has 5 nitrogen and oxygen atoms in total. The van der Waals surface area contributed by atoms with Crippen molar-refractivity contribution in [3.05, 3.63) is 22.2 Å². The van der Waals surface area contributed by atoms with Crippen LogP contribution in [0.5, 0.6) is 0 Å². The maximum Gasteiger partial charge on any atom is 0.308 e. The highest BCUT2D eigenvalue weighted by molar-refractivity contribution is 9.10. The Balaban J connectivity index is 3.82. The smallest absolute Gasteiger partial charge is 0.308 e. The SMILES string of the molecule is CC[Si](CC)(CC)c1cc(Br)nc([C@](CF)(CC(=O)OC(C)(C)C)N[S+]([O-])C(C)(C)C)c1F. The fraction of sp³-hybridized carbons (Fsp3) is 0.739. The Labute approximate surface area is 210 Å². The van der Waals surface area contributed by atoms with Crippen molar-refractivity contribution >= 4 is 46.5 Å². The molecular weight excluding hydrogens is 530 g/mol. The fourth-order valence-electron chi connectivity index (χ4n) is 3.78. The molecular formula is C23H39BrF2N2O3SSi. The number of rotatable bonds is 10. The van der Waals surface area contributed by atoms with Gasteiger partial charge >= 0.3 is 5.97 Å². The van der Waals surface area contributed by atoms with Gasteiger partial charge in [-0.25, -0.2) is 13.8 Å². The maximum absolute atomic E-state index is 16.2. The number of carbonyl (C=O) groups excluding carboxylic acids is 1. The molecule has 190 valence electrons. The summed E-state index contributed by atoms with van der Waals surface area (Å²) in [5, 5.41) is 0.539. The van der Waals surface area contributed by atoms with Crippen molar-refractivity contribution in [1.29, 1.82) is 0 Å². The van der Waals surface area contributed by atoms with Crippen molar-refractivity contribution in [2.45, 2.75) is 103 Å². The van der Waals surface area contributed by atoms with Crippen molar-refractivity contribution < 1.29 is 22.9 Å². The first-order chi connectivity index (χ1) is 15.0. The van der Waals surface area contributed by atoms with E-state index >= 15 is 4.39 Å². The Morgan fingerprint density at radius 2 is 1.70 bits per heavy atom. The minimum Gasteiger partial charge on any atom is -0.598 e. The van der Waals surface area contributed by atoms with Gasteiger partial charge in [0.2, 0.25) is 0 Å². The number of halogens is 3. The molecule has 0 fully saturated rings. The molecule has 1 unspecified atom stereocenters. The van der Waals surface area contributed by atoms with E-state index in [2.05, 4.69) is 25.6 Å². The average molecular weight is 570 g/mol. The number of nitrogens with zero attached hydrogens (tertiary/aromatic N) is 1. The summed E-state index contributed by atoms with van der Waals surface area (Å²) < 4.78 is 51.9. The largest absolute Gasteiger partial charge is 0.598 e. The van der Waals surface area contributed by atoms with Gasteiger partial charge in [-0.2, -0.15) is 0 Å². The van der Waals surface area contributed by atoms with Crippen LogP contribution in [0.3, 0.4) is 0 Å². The number of alkyl halides is 1. The van der Waals surface area contributed by atoms with Crippen LogP contribution in [0.1, 0.15) is 74.4 Å². The van der Waals surface area contributed by atoms with Gasteiger partial charge < -0.3 is 9.29 Å². The highest BCUT2D eigenvalue weighted by Gasteiger charge is 2.48. The molecule has 33 heavy (non-hydrogen) atoms. The molecule has 0 saturated heterocycles. The number of esters is 1. The third-order valence-corrected chi connectivity index (χ3v) is 13.6. The van der Waals surface area contributed by atoms with Crippen LogP contribution in [0.4, 0.5) is 8.78 Å². The van der Waals surface area contributed by atoms with E-state index in [-0.39, 0.29) is 5.69 Å². The highest BCUT2D eigenvalue weighted by Crippen LogP contribution is 2.34. The van der Waals surface area contributed by atoms with Crippen LogP contribution >= 0.6 is 15.9 Å². The Bertz CT molecular complexity index is 821. The quantitative estimate of drug-likeness (QED) is 0.171. The summed E-state index contributed by atoms with van der Waals surface area (Å²) in [7, 11) is -2.23. The molecule has 0 aromatic carbocycles. The second kappa shape index (κ2) is 11.5. The summed E-state index contributed by atoms with van der Waals surface area (Å²) in [5.74, 6) is -1.36. The second-order valence-electron chi connectivity index (χ2n) is 10.5. The van der Waals surface area contributed by atoms with Gasteiger partial charge in [-0.05, 0) is 68.7 Å². The maximum atomic E-state index is 16.2. The molecule has 0 aliphatic rings. The predicted octanol–water partition coefficient (Wildman–Crippen LogP) is 5.65. The van der Waals surface area contributed by atoms with E-state index in [1.54, 1.807) is 47.6 Å². The molecule has 0 saturated carbocycles. The fourth-order valence-corrected chi connectivity index (χ4v) is 8.95. The van der Waals surface area contributed by atoms with Crippen molar-refractivity contribution in [3.8, 4) is 0 Å². The first-order valence-corrected chi connectivity index (χ1v) is 15.9. The first kappa shape index (κ1) is 30.5. The average Bonchev–Trinajstić information content (AvgIpc) is 2.69. The molecule has 1 N–H and O–H groups in total. The zero-order chi connectivity index (χ0) is 25.8. The number of ether oxygens (including phenoxy) is 1. The van der Waals surface area contributed by atoms with E-state index in [1.165, 1.54) is 0 Å². The molecule has 1 rings (SSSR count). The molecule has 0 aliphatic heterocycles. The Morgan fingerprint density at radius 3 is 2.09 bits per heavy atom. The summed E-state index contributed by atoms with van der Waals surface area (Å²) >= 11 is 1.57. The van der Waals surface area contributed by atoms with Crippen LogP contribution < -0.4 is 9.91 Å². The highest BCUT2D eigenvalue weighted by atomic mass is 79.9. The van der Waals surface area contributed by atoms with Crippen molar-refractivity contribution in [1.82, 2.24) is 9.71 Å². The third-order valence-electron chi connectivity index (χ3n) is 5.92. The van der Waals surface area contributed by atoms with Gasteiger partial charge in [-0.15, -0.1) is 4.72 Å². The van der Waals surface area contributed by atoms with Crippen molar-refractivity contribution in [3.63, 3.8) is 0 Å². The molecule has 1 aromatic heterocycles. The molecule has 10 heteroatoms. The Hall–Kier alpha value is -0.553. The molecule has 0 spiro atoms. The van der Waals surface area contributed by atoms with Gasteiger partial charge in [0.1, 0.15) is 38.7 Å². The normalized spacial score (nSPS) is 15.8. The van der Waals surface area contributed by atoms with Gasteiger partial charge in [-0.3, -0.25) is 4.79 Å².